The Bertz CT molecular complexity index is 1230. The highest BCUT2D eigenvalue weighted by Gasteiger charge is 2.41. The molecule has 0 aromatic heterocycles. The molecule has 2 aliphatic rings. The molecule has 0 bridgehead atoms. The molecule has 1 fully saturated rings. The number of hydrogen-bond donors (Lipinski definition) is 3. The third-order valence-corrected chi connectivity index (χ3v) is 8.25. The first kappa shape index (κ1) is 30.3. The number of allylic oxidation sites excluding steroid dienone is 1. The van der Waals surface area contributed by atoms with Gasteiger partial charge in [-0.2, -0.15) is 0 Å². The van der Waals surface area contributed by atoms with E-state index in [1.54, 1.807) is 12.1 Å². The van der Waals surface area contributed by atoms with Crippen LogP contribution in [0.3, 0.4) is 0 Å². The smallest absolute Gasteiger partial charge is 0.255 e. The van der Waals surface area contributed by atoms with Gasteiger partial charge in [-0.25, -0.2) is 0 Å². The average Bonchev–Trinajstić information content (AvgIpc) is 2.95. The third kappa shape index (κ3) is 7.97. The van der Waals surface area contributed by atoms with Crippen molar-refractivity contribution in [1.29, 1.82) is 0 Å². The molecule has 2 aliphatic heterocycles. The maximum absolute atomic E-state index is 13.9. The zero-order chi connectivity index (χ0) is 29.4. The van der Waals surface area contributed by atoms with E-state index in [1.165, 1.54) is 5.56 Å². The van der Waals surface area contributed by atoms with Crippen molar-refractivity contribution >= 4 is 23.4 Å². The average molecular weight is 561 g/mol. The zero-order valence-corrected chi connectivity index (χ0v) is 24.7. The van der Waals surface area contributed by atoms with Gasteiger partial charge in [0.15, 0.2) is 0 Å². The Morgan fingerprint density at radius 1 is 1.02 bits per heavy atom. The van der Waals surface area contributed by atoms with E-state index in [0.29, 0.717) is 56.1 Å². The van der Waals surface area contributed by atoms with Crippen molar-refractivity contribution < 1.29 is 19.1 Å². The molecule has 3 amide bonds. The summed E-state index contributed by atoms with van der Waals surface area (Å²) in [5.41, 5.74) is 1.92. The topological polar surface area (TPSA) is 99.8 Å². The first-order valence-electron chi connectivity index (χ1n) is 14.7. The van der Waals surface area contributed by atoms with Crippen LogP contribution in [0.25, 0.3) is 0 Å². The summed E-state index contributed by atoms with van der Waals surface area (Å²) in [6, 6.07) is 14.9. The standard InChI is InChI=1S/C33H44N4O4/c1-23(2)25-11-13-26(14-12-25)35-30(38)21-37-19-16-33(17-20-37)15-7-8-18-34-31(39)27-9-5-6-10-29(27)41-22-28(24(3)4)36-32(33)40/h5-14,23-24,28H,15-22H2,1-4H3,(H,34,39)(H,35,38)(H,36,40)/b8-7+/t28-/m0/s1. The van der Waals surface area contributed by atoms with Crippen LogP contribution in [0.4, 0.5) is 5.69 Å². The van der Waals surface area contributed by atoms with Crippen molar-refractivity contribution in [3.8, 4) is 5.75 Å². The van der Waals surface area contributed by atoms with Crippen molar-refractivity contribution in [1.82, 2.24) is 15.5 Å². The molecule has 1 atom stereocenters. The number of anilines is 1. The number of nitrogens with zero attached hydrogens (tertiary/aromatic N) is 1. The number of amides is 3. The lowest BCUT2D eigenvalue weighted by Crippen LogP contribution is -2.54. The lowest BCUT2D eigenvalue weighted by atomic mass is 9.74. The van der Waals surface area contributed by atoms with E-state index in [1.807, 2.05) is 48.6 Å². The Labute approximate surface area is 243 Å². The number of piperidine rings is 1. The van der Waals surface area contributed by atoms with E-state index < -0.39 is 5.41 Å². The number of nitrogens with one attached hydrogen (secondary N) is 3. The molecule has 41 heavy (non-hydrogen) atoms. The predicted octanol–water partition coefficient (Wildman–Crippen LogP) is 4.74. The van der Waals surface area contributed by atoms with Crippen LogP contribution in [0.5, 0.6) is 5.75 Å². The van der Waals surface area contributed by atoms with Gasteiger partial charge in [-0.15, -0.1) is 0 Å². The predicted molar refractivity (Wildman–Crippen MR) is 162 cm³/mol. The first-order valence-corrected chi connectivity index (χ1v) is 14.7. The third-order valence-electron chi connectivity index (χ3n) is 8.25. The highest BCUT2D eigenvalue weighted by molar-refractivity contribution is 5.97. The largest absolute Gasteiger partial charge is 0.491 e. The van der Waals surface area contributed by atoms with Gasteiger partial charge in [-0.3, -0.25) is 19.3 Å². The molecular formula is C33H44N4O4. The summed E-state index contributed by atoms with van der Waals surface area (Å²) >= 11 is 0. The lowest BCUT2D eigenvalue weighted by molar-refractivity contribution is -0.135. The second-order valence-corrected chi connectivity index (χ2v) is 11.9. The molecule has 2 aromatic carbocycles. The quantitative estimate of drug-likeness (QED) is 0.459. The van der Waals surface area contributed by atoms with Crippen molar-refractivity contribution in [3.05, 3.63) is 71.8 Å². The summed E-state index contributed by atoms with van der Waals surface area (Å²) in [4.78, 5) is 41.5. The minimum atomic E-state index is -0.588. The fraction of sp³-hybridized carbons (Fsp3) is 0.485. The molecule has 0 unspecified atom stereocenters. The number of ether oxygens (including phenoxy) is 1. The van der Waals surface area contributed by atoms with Gasteiger partial charge in [0.2, 0.25) is 11.8 Å². The molecule has 4 rings (SSSR count). The first-order chi connectivity index (χ1) is 19.7. The van der Waals surface area contributed by atoms with E-state index in [-0.39, 0.29) is 42.8 Å². The molecule has 2 heterocycles. The number of hydrogen-bond acceptors (Lipinski definition) is 5. The second-order valence-electron chi connectivity index (χ2n) is 11.9. The Hall–Kier alpha value is -3.65. The molecule has 8 nitrogen and oxygen atoms in total. The molecule has 3 N–H and O–H groups in total. The van der Waals surface area contributed by atoms with Crippen molar-refractivity contribution in [2.24, 2.45) is 11.3 Å². The number of para-hydroxylation sites is 1. The fourth-order valence-corrected chi connectivity index (χ4v) is 5.34. The highest BCUT2D eigenvalue weighted by Crippen LogP contribution is 2.36. The van der Waals surface area contributed by atoms with Gasteiger partial charge in [0, 0.05) is 12.2 Å². The molecule has 0 radical (unpaired) electrons. The van der Waals surface area contributed by atoms with Crippen LogP contribution >= 0.6 is 0 Å². The Morgan fingerprint density at radius 2 is 1.73 bits per heavy atom. The molecular weight excluding hydrogens is 516 g/mol. The number of likely N-dealkylation sites (tertiary alicyclic amines) is 1. The van der Waals surface area contributed by atoms with Gasteiger partial charge >= 0.3 is 0 Å². The van der Waals surface area contributed by atoms with Crippen LogP contribution in [0.15, 0.2) is 60.7 Å². The maximum Gasteiger partial charge on any atom is 0.255 e. The number of carbonyl (C=O) groups excluding carboxylic acids is 3. The van der Waals surface area contributed by atoms with Crippen LogP contribution in [0.2, 0.25) is 0 Å². The summed E-state index contributed by atoms with van der Waals surface area (Å²) in [6.45, 7) is 10.6. The molecule has 8 heteroatoms. The van der Waals surface area contributed by atoms with Crippen LogP contribution < -0.4 is 20.7 Å². The molecule has 2 aromatic rings. The maximum atomic E-state index is 13.9. The van der Waals surface area contributed by atoms with Gasteiger partial charge in [0.25, 0.3) is 5.91 Å². The zero-order valence-electron chi connectivity index (χ0n) is 24.7. The lowest BCUT2D eigenvalue weighted by Gasteiger charge is -2.41. The molecule has 1 saturated heterocycles. The van der Waals surface area contributed by atoms with E-state index in [4.69, 9.17) is 4.74 Å². The van der Waals surface area contributed by atoms with Crippen molar-refractivity contribution in [2.45, 2.75) is 58.9 Å². The van der Waals surface area contributed by atoms with Gasteiger partial charge in [-0.05, 0) is 74.0 Å². The van der Waals surface area contributed by atoms with Gasteiger partial charge in [-0.1, -0.05) is 64.1 Å². The number of benzene rings is 2. The molecule has 220 valence electrons. The number of fused-ring (bicyclic) bond motifs is 1. The van der Waals surface area contributed by atoms with Gasteiger partial charge in [0.1, 0.15) is 12.4 Å². The summed E-state index contributed by atoms with van der Waals surface area (Å²) < 4.78 is 6.08. The monoisotopic (exact) mass is 560 g/mol. The molecule has 0 aliphatic carbocycles. The normalized spacial score (nSPS) is 20.9. The molecule has 0 saturated carbocycles. The summed E-state index contributed by atoms with van der Waals surface area (Å²) in [5, 5.41) is 9.21. The minimum Gasteiger partial charge on any atom is -0.491 e. The van der Waals surface area contributed by atoms with Crippen LogP contribution in [-0.4, -0.2) is 61.4 Å². The Morgan fingerprint density at radius 3 is 2.41 bits per heavy atom. The van der Waals surface area contributed by atoms with Crippen molar-refractivity contribution in [2.75, 3.05) is 38.1 Å². The molecule has 1 spiro atoms. The van der Waals surface area contributed by atoms with Gasteiger partial charge in [0.05, 0.1) is 23.6 Å². The van der Waals surface area contributed by atoms with Gasteiger partial charge < -0.3 is 20.7 Å². The number of rotatable bonds is 5. The Kier molecular flexibility index (Phi) is 10.2. The van der Waals surface area contributed by atoms with E-state index in [0.717, 1.165) is 5.69 Å². The SMILES string of the molecule is CC(C)c1ccc(NC(=O)CN2CCC3(C/C=C/CNC(=O)c4ccccc4OC[C@@H](C(C)C)NC3=O)CC2)cc1. The van der Waals surface area contributed by atoms with E-state index in [9.17, 15) is 14.4 Å². The van der Waals surface area contributed by atoms with Crippen LogP contribution in [0.1, 0.15) is 68.8 Å². The van der Waals surface area contributed by atoms with E-state index >= 15 is 0 Å². The summed E-state index contributed by atoms with van der Waals surface area (Å²) in [5.74, 6) is 0.859. The van der Waals surface area contributed by atoms with E-state index in [2.05, 4.69) is 48.5 Å². The summed E-state index contributed by atoms with van der Waals surface area (Å²) in [6.07, 6.45) is 5.76. The Balaban J connectivity index is 1.41. The second kappa shape index (κ2) is 13.8. The summed E-state index contributed by atoms with van der Waals surface area (Å²) in [7, 11) is 0. The fourth-order valence-electron chi connectivity index (χ4n) is 5.34. The van der Waals surface area contributed by atoms with Crippen LogP contribution in [0, 0.1) is 11.3 Å². The highest BCUT2D eigenvalue weighted by atomic mass is 16.5. The minimum absolute atomic E-state index is 0.0215. The van der Waals surface area contributed by atoms with Crippen LogP contribution in [-0.2, 0) is 9.59 Å². The van der Waals surface area contributed by atoms with Crippen molar-refractivity contribution in [3.63, 3.8) is 0 Å². The number of carbonyl (C=O) groups is 3.